The molecule has 1 saturated heterocycles. The summed E-state index contributed by atoms with van der Waals surface area (Å²) in [5.74, 6) is 0.993. The van der Waals surface area contributed by atoms with Gasteiger partial charge in [-0.2, -0.15) is 0 Å². The number of aliphatic hydroxyl groups is 1. The lowest BCUT2D eigenvalue weighted by Crippen LogP contribution is -2.52. The van der Waals surface area contributed by atoms with Crippen molar-refractivity contribution in [1.29, 1.82) is 0 Å². The fourth-order valence-corrected chi connectivity index (χ4v) is 3.00. The minimum atomic E-state index is -0.803. The molecule has 1 amide bonds. The van der Waals surface area contributed by atoms with Crippen LogP contribution in [0.15, 0.2) is 0 Å². The van der Waals surface area contributed by atoms with E-state index in [1.165, 1.54) is 0 Å². The first-order chi connectivity index (χ1) is 8.27. The Kier molecular flexibility index (Phi) is 5.02. The lowest BCUT2D eigenvalue weighted by atomic mass is 9.73. The molecule has 1 aliphatic heterocycles. The van der Waals surface area contributed by atoms with Gasteiger partial charge in [0.05, 0.1) is 0 Å². The number of carbonyl (C=O) groups is 1. The van der Waals surface area contributed by atoms with Crippen molar-refractivity contribution in [3.8, 4) is 0 Å². The van der Waals surface area contributed by atoms with Gasteiger partial charge in [-0.1, -0.05) is 27.7 Å². The summed E-state index contributed by atoms with van der Waals surface area (Å²) in [6.45, 7) is 9.32. The summed E-state index contributed by atoms with van der Waals surface area (Å²) >= 11 is 0. The van der Waals surface area contributed by atoms with Crippen molar-refractivity contribution in [2.45, 2.75) is 53.0 Å². The second-order valence-electron chi connectivity index (χ2n) is 6.63. The molecule has 0 aliphatic carbocycles. The number of hydrogen-bond donors (Lipinski definition) is 2. The van der Waals surface area contributed by atoms with Crippen LogP contribution in [-0.2, 0) is 0 Å². The Morgan fingerprint density at radius 2 is 2.06 bits per heavy atom. The van der Waals surface area contributed by atoms with E-state index in [0.717, 1.165) is 19.3 Å². The molecule has 2 N–H and O–H groups in total. The zero-order valence-electron chi connectivity index (χ0n) is 12.0. The van der Waals surface area contributed by atoms with Crippen LogP contribution in [0.25, 0.3) is 0 Å². The number of piperidine rings is 1. The Balaban J connectivity index is 2.77. The Labute approximate surface area is 110 Å². The molecular weight excluding hydrogens is 230 g/mol. The standard InChI is InChI=1S/C14H27NO3/c1-10(6-8-16)11-5-7-15(13(17)18)12(9-11)14(2,3)4/h10-12,16H,5-9H2,1-4H3,(H,17,18). The number of amides is 1. The minimum Gasteiger partial charge on any atom is -0.465 e. The summed E-state index contributed by atoms with van der Waals surface area (Å²) in [5, 5.41) is 18.3. The third-order valence-corrected chi connectivity index (χ3v) is 4.28. The number of hydrogen-bond acceptors (Lipinski definition) is 2. The lowest BCUT2D eigenvalue weighted by Gasteiger charge is -2.46. The molecule has 1 rings (SSSR count). The van der Waals surface area contributed by atoms with Crippen LogP contribution in [0.4, 0.5) is 4.79 Å². The fraction of sp³-hybridized carbons (Fsp3) is 0.929. The van der Waals surface area contributed by atoms with E-state index >= 15 is 0 Å². The number of likely N-dealkylation sites (tertiary alicyclic amines) is 1. The molecule has 1 fully saturated rings. The van der Waals surface area contributed by atoms with Crippen molar-refractivity contribution in [3.05, 3.63) is 0 Å². The second kappa shape index (κ2) is 5.91. The first-order valence-corrected chi connectivity index (χ1v) is 6.87. The first kappa shape index (κ1) is 15.3. The van der Waals surface area contributed by atoms with Gasteiger partial charge in [0, 0.05) is 19.2 Å². The largest absolute Gasteiger partial charge is 0.465 e. The van der Waals surface area contributed by atoms with Gasteiger partial charge in [-0.15, -0.1) is 0 Å². The van der Waals surface area contributed by atoms with Gasteiger partial charge in [-0.3, -0.25) is 0 Å². The molecule has 4 heteroatoms. The van der Waals surface area contributed by atoms with E-state index in [-0.39, 0.29) is 18.1 Å². The summed E-state index contributed by atoms with van der Waals surface area (Å²) in [6.07, 6.45) is 1.84. The molecule has 3 atom stereocenters. The maximum Gasteiger partial charge on any atom is 0.407 e. The first-order valence-electron chi connectivity index (χ1n) is 6.87. The molecule has 0 aromatic heterocycles. The number of rotatable bonds is 3. The zero-order chi connectivity index (χ0) is 13.9. The normalized spacial score (nSPS) is 27.1. The molecule has 3 unspecified atom stereocenters. The molecule has 1 heterocycles. The molecule has 106 valence electrons. The van der Waals surface area contributed by atoms with Crippen LogP contribution in [0.3, 0.4) is 0 Å². The summed E-state index contributed by atoms with van der Waals surface area (Å²) in [7, 11) is 0. The second-order valence-corrected chi connectivity index (χ2v) is 6.63. The van der Waals surface area contributed by atoms with Crippen molar-refractivity contribution >= 4 is 6.09 Å². The van der Waals surface area contributed by atoms with E-state index in [1.807, 2.05) is 0 Å². The van der Waals surface area contributed by atoms with Crippen LogP contribution in [0.2, 0.25) is 0 Å². The summed E-state index contributed by atoms with van der Waals surface area (Å²) in [5.41, 5.74) is -0.0318. The smallest absolute Gasteiger partial charge is 0.407 e. The molecule has 0 bridgehead atoms. The van der Waals surface area contributed by atoms with E-state index in [4.69, 9.17) is 5.11 Å². The Morgan fingerprint density at radius 1 is 1.44 bits per heavy atom. The minimum absolute atomic E-state index is 0.0318. The summed E-state index contributed by atoms with van der Waals surface area (Å²) in [4.78, 5) is 12.9. The number of aliphatic hydroxyl groups excluding tert-OH is 1. The van der Waals surface area contributed by atoms with Crippen molar-refractivity contribution in [2.75, 3.05) is 13.2 Å². The topological polar surface area (TPSA) is 60.8 Å². The molecule has 0 aromatic rings. The van der Waals surface area contributed by atoms with Crippen LogP contribution in [-0.4, -0.2) is 40.4 Å². The average molecular weight is 257 g/mol. The highest BCUT2D eigenvalue weighted by atomic mass is 16.4. The zero-order valence-corrected chi connectivity index (χ0v) is 12.0. The maximum atomic E-state index is 11.3. The molecule has 18 heavy (non-hydrogen) atoms. The highest BCUT2D eigenvalue weighted by Crippen LogP contribution is 2.38. The fourth-order valence-electron chi connectivity index (χ4n) is 3.00. The van der Waals surface area contributed by atoms with Gasteiger partial charge in [-0.25, -0.2) is 4.79 Å². The van der Waals surface area contributed by atoms with Gasteiger partial charge in [0.15, 0.2) is 0 Å². The highest BCUT2D eigenvalue weighted by Gasteiger charge is 2.39. The summed E-state index contributed by atoms with van der Waals surface area (Å²) < 4.78 is 0. The molecule has 0 saturated carbocycles. The lowest BCUT2D eigenvalue weighted by molar-refractivity contribution is 0.0267. The Bertz CT molecular complexity index is 285. The molecule has 0 aromatic carbocycles. The predicted molar refractivity (Wildman–Crippen MR) is 71.6 cm³/mol. The van der Waals surface area contributed by atoms with Crippen LogP contribution in [0, 0.1) is 17.3 Å². The highest BCUT2D eigenvalue weighted by molar-refractivity contribution is 5.65. The van der Waals surface area contributed by atoms with Crippen LogP contribution in [0.1, 0.15) is 47.0 Å². The maximum absolute atomic E-state index is 11.3. The van der Waals surface area contributed by atoms with Crippen LogP contribution < -0.4 is 0 Å². The van der Waals surface area contributed by atoms with Crippen molar-refractivity contribution in [2.24, 2.45) is 17.3 Å². The molecule has 0 radical (unpaired) electrons. The Morgan fingerprint density at radius 3 is 2.50 bits per heavy atom. The van der Waals surface area contributed by atoms with Crippen molar-refractivity contribution in [3.63, 3.8) is 0 Å². The van der Waals surface area contributed by atoms with Crippen LogP contribution in [0.5, 0.6) is 0 Å². The predicted octanol–water partition coefficient (Wildman–Crippen LogP) is 2.81. The SMILES string of the molecule is CC(CCO)C1CCN(C(=O)O)C(C(C)(C)C)C1. The van der Waals surface area contributed by atoms with E-state index < -0.39 is 6.09 Å². The van der Waals surface area contributed by atoms with Gasteiger partial charge >= 0.3 is 6.09 Å². The van der Waals surface area contributed by atoms with Gasteiger partial charge in [-0.05, 0) is 36.5 Å². The number of nitrogens with zero attached hydrogens (tertiary/aromatic N) is 1. The molecule has 4 nitrogen and oxygen atoms in total. The van der Waals surface area contributed by atoms with E-state index in [0.29, 0.717) is 18.4 Å². The van der Waals surface area contributed by atoms with Crippen molar-refractivity contribution < 1.29 is 15.0 Å². The monoisotopic (exact) mass is 257 g/mol. The van der Waals surface area contributed by atoms with E-state index in [9.17, 15) is 9.90 Å². The van der Waals surface area contributed by atoms with Crippen molar-refractivity contribution in [1.82, 2.24) is 4.90 Å². The van der Waals surface area contributed by atoms with E-state index in [2.05, 4.69) is 27.7 Å². The molecule has 1 aliphatic rings. The molecule has 0 spiro atoms. The third kappa shape index (κ3) is 3.61. The van der Waals surface area contributed by atoms with Gasteiger partial charge in [0.1, 0.15) is 0 Å². The van der Waals surface area contributed by atoms with Gasteiger partial charge in [0.25, 0.3) is 0 Å². The summed E-state index contributed by atoms with van der Waals surface area (Å²) in [6, 6.07) is 0.0786. The van der Waals surface area contributed by atoms with E-state index in [1.54, 1.807) is 4.90 Å². The van der Waals surface area contributed by atoms with Crippen LogP contribution >= 0.6 is 0 Å². The third-order valence-electron chi connectivity index (χ3n) is 4.28. The Hall–Kier alpha value is -0.770. The van der Waals surface area contributed by atoms with Gasteiger partial charge < -0.3 is 15.1 Å². The molecular formula is C14H27NO3. The quantitative estimate of drug-likeness (QED) is 0.817. The number of carboxylic acid groups (broad SMARTS) is 1. The van der Waals surface area contributed by atoms with Gasteiger partial charge in [0.2, 0.25) is 0 Å². The average Bonchev–Trinajstić information content (AvgIpc) is 2.27.